The van der Waals surface area contributed by atoms with E-state index >= 15 is 0 Å². The van der Waals surface area contributed by atoms with Gasteiger partial charge >= 0.3 is 0 Å². The van der Waals surface area contributed by atoms with Crippen LogP contribution >= 0.6 is 34.8 Å². The van der Waals surface area contributed by atoms with Gasteiger partial charge < -0.3 is 5.32 Å². The third-order valence-electron chi connectivity index (χ3n) is 2.45. The molecule has 1 nitrogen and oxygen atoms in total. The molecular formula is C13H9Cl3FN. The molecular weight excluding hydrogens is 296 g/mol. The van der Waals surface area contributed by atoms with Gasteiger partial charge in [0.15, 0.2) is 0 Å². The van der Waals surface area contributed by atoms with E-state index in [1.165, 1.54) is 6.07 Å². The molecule has 5 heteroatoms. The molecule has 0 aliphatic heterocycles. The average molecular weight is 305 g/mol. The molecule has 2 aromatic rings. The van der Waals surface area contributed by atoms with E-state index in [2.05, 4.69) is 5.32 Å². The van der Waals surface area contributed by atoms with E-state index in [4.69, 9.17) is 34.8 Å². The monoisotopic (exact) mass is 303 g/mol. The van der Waals surface area contributed by atoms with E-state index in [0.29, 0.717) is 21.3 Å². The predicted molar refractivity (Wildman–Crippen MR) is 75.2 cm³/mol. The molecule has 1 N–H and O–H groups in total. The first-order chi connectivity index (χ1) is 8.59. The van der Waals surface area contributed by atoms with Crippen molar-refractivity contribution in [2.45, 2.75) is 6.54 Å². The third-order valence-corrected chi connectivity index (χ3v) is 3.56. The Morgan fingerprint density at radius 1 is 0.944 bits per heavy atom. The van der Waals surface area contributed by atoms with Crippen molar-refractivity contribution in [1.29, 1.82) is 0 Å². The Morgan fingerprint density at radius 2 is 1.61 bits per heavy atom. The van der Waals surface area contributed by atoms with Crippen molar-refractivity contribution in [2.75, 3.05) is 5.32 Å². The van der Waals surface area contributed by atoms with Crippen molar-refractivity contribution >= 4 is 40.5 Å². The maximum Gasteiger partial charge on any atom is 0.146 e. The van der Waals surface area contributed by atoms with Gasteiger partial charge in [0.1, 0.15) is 5.82 Å². The van der Waals surface area contributed by atoms with Crippen molar-refractivity contribution < 1.29 is 4.39 Å². The molecule has 0 unspecified atom stereocenters. The maximum absolute atomic E-state index is 13.7. The smallest absolute Gasteiger partial charge is 0.146 e. The number of anilines is 1. The number of hydrogen-bond donors (Lipinski definition) is 1. The van der Waals surface area contributed by atoms with Crippen LogP contribution in [0.2, 0.25) is 15.1 Å². The molecule has 0 bridgehead atoms. The molecule has 0 spiro atoms. The van der Waals surface area contributed by atoms with Crippen molar-refractivity contribution in [3.05, 3.63) is 62.8 Å². The summed E-state index contributed by atoms with van der Waals surface area (Å²) in [5, 5.41) is 4.00. The molecule has 0 fully saturated rings. The van der Waals surface area contributed by atoms with Gasteiger partial charge in [-0.25, -0.2) is 4.39 Å². The summed E-state index contributed by atoms with van der Waals surface area (Å²) in [6, 6.07) is 10.1. The molecule has 0 saturated carbocycles. The van der Waals surface area contributed by atoms with Gasteiger partial charge in [-0.2, -0.15) is 0 Å². The Morgan fingerprint density at radius 3 is 2.39 bits per heavy atom. The van der Waals surface area contributed by atoms with Crippen LogP contribution in [0.15, 0.2) is 36.4 Å². The Balaban J connectivity index is 2.17. The van der Waals surface area contributed by atoms with E-state index < -0.39 is 5.82 Å². The summed E-state index contributed by atoms with van der Waals surface area (Å²) in [4.78, 5) is 0. The number of halogens is 4. The Hall–Kier alpha value is -0.960. The molecule has 0 atom stereocenters. The summed E-state index contributed by atoms with van der Waals surface area (Å²) >= 11 is 17.6. The van der Waals surface area contributed by atoms with Gasteiger partial charge in [0.05, 0.1) is 20.8 Å². The largest absolute Gasteiger partial charge is 0.380 e. The van der Waals surface area contributed by atoms with E-state index in [0.717, 1.165) is 0 Å². The highest BCUT2D eigenvalue weighted by molar-refractivity contribution is 6.43. The fraction of sp³-hybridized carbons (Fsp3) is 0.0769. The third kappa shape index (κ3) is 2.89. The van der Waals surface area contributed by atoms with Crippen LogP contribution in [0.4, 0.5) is 10.1 Å². The SMILES string of the molecule is Fc1c(Cl)cccc1CNc1cccc(Cl)c1Cl. The van der Waals surface area contributed by atoms with Crippen LogP contribution in [0.25, 0.3) is 0 Å². The van der Waals surface area contributed by atoms with Gasteiger partial charge in [-0.1, -0.05) is 53.0 Å². The fourth-order valence-electron chi connectivity index (χ4n) is 1.52. The zero-order chi connectivity index (χ0) is 13.1. The molecule has 94 valence electrons. The number of nitrogens with one attached hydrogen (secondary N) is 1. The minimum atomic E-state index is -0.426. The van der Waals surface area contributed by atoms with Crippen molar-refractivity contribution in [1.82, 2.24) is 0 Å². The van der Waals surface area contributed by atoms with Crippen molar-refractivity contribution in [3.63, 3.8) is 0 Å². The van der Waals surface area contributed by atoms with Crippen LogP contribution in [-0.2, 0) is 6.54 Å². The number of benzene rings is 2. The van der Waals surface area contributed by atoms with Gasteiger partial charge in [-0.3, -0.25) is 0 Å². The summed E-state index contributed by atoms with van der Waals surface area (Å²) in [7, 11) is 0. The molecule has 2 aromatic carbocycles. The van der Waals surface area contributed by atoms with Gasteiger partial charge in [0.25, 0.3) is 0 Å². The second-order valence-corrected chi connectivity index (χ2v) is 4.86. The average Bonchev–Trinajstić information content (AvgIpc) is 2.36. The summed E-state index contributed by atoms with van der Waals surface area (Å²) in [6.45, 7) is 0.284. The Labute approximate surface area is 119 Å². The first-order valence-electron chi connectivity index (χ1n) is 5.20. The van der Waals surface area contributed by atoms with Crippen LogP contribution in [0.5, 0.6) is 0 Å². The van der Waals surface area contributed by atoms with Crippen molar-refractivity contribution in [2.24, 2.45) is 0 Å². The zero-order valence-electron chi connectivity index (χ0n) is 9.18. The zero-order valence-corrected chi connectivity index (χ0v) is 11.5. The molecule has 2 rings (SSSR count). The normalized spacial score (nSPS) is 10.4. The Bertz CT molecular complexity index is 521. The molecule has 18 heavy (non-hydrogen) atoms. The van der Waals surface area contributed by atoms with Gasteiger partial charge in [0.2, 0.25) is 0 Å². The van der Waals surface area contributed by atoms with Gasteiger partial charge in [-0.15, -0.1) is 0 Å². The quantitative estimate of drug-likeness (QED) is 0.800. The summed E-state index contributed by atoms with van der Waals surface area (Å²) in [6.07, 6.45) is 0. The lowest BCUT2D eigenvalue weighted by Crippen LogP contribution is -2.02. The minimum Gasteiger partial charge on any atom is -0.380 e. The lowest BCUT2D eigenvalue weighted by atomic mass is 10.2. The number of rotatable bonds is 3. The summed E-state index contributed by atoms with van der Waals surface area (Å²) in [5.41, 5.74) is 1.13. The van der Waals surface area contributed by atoms with Crippen molar-refractivity contribution in [3.8, 4) is 0 Å². The maximum atomic E-state index is 13.7. The van der Waals surface area contributed by atoms with E-state index in [1.807, 2.05) is 0 Å². The lowest BCUT2D eigenvalue weighted by Gasteiger charge is -2.10. The highest BCUT2D eigenvalue weighted by Crippen LogP contribution is 2.30. The molecule has 0 amide bonds. The second kappa shape index (κ2) is 5.79. The highest BCUT2D eigenvalue weighted by atomic mass is 35.5. The first-order valence-corrected chi connectivity index (χ1v) is 6.33. The Kier molecular flexibility index (Phi) is 4.33. The van der Waals surface area contributed by atoms with E-state index in [-0.39, 0.29) is 11.6 Å². The molecule has 0 aliphatic carbocycles. The van der Waals surface area contributed by atoms with Crippen LogP contribution in [0.1, 0.15) is 5.56 Å². The summed E-state index contributed by atoms with van der Waals surface area (Å²) in [5.74, 6) is -0.426. The van der Waals surface area contributed by atoms with Crippen LogP contribution in [0.3, 0.4) is 0 Å². The van der Waals surface area contributed by atoms with Crippen LogP contribution in [-0.4, -0.2) is 0 Å². The predicted octanol–water partition coefficient (Wildman–Crippen LogP) is 5.40. The number of hydrogen-bond acceptors (Lipinski definition) is 1. The van der Waals surface area contributed by atoms with E-state index in [1.54, 1.807) is 30.3 Å². The van der Waals surface area contributed by atoms with Gasteiger partial charge in [-0.05, 0) is 18.2 Å². The molecule has 0 aromatic heterocycles. The molecule has 0 saturated heterocycles. The molecule has 0 aliphatic rings. The highest BCUT2D eigenvalue weighted by Gasteiger charge is 2.08. The van der Waals surface area contributed by atoms with Gasteiger partial charge in [0, 0.05) is 12.1 Å². The summed E-state index contributed by atoms with van der Waals surface area (Å²) < 4.78 is 13.7. The second-order valence-electron chi connectivity index (χ2n) is 3.67. The van der Waals surface area contributed by atoms with Crippen LogP contribution in [0, 0.1) is 5.82 Å². The molecule has 0 radical (unpaired) electrons. The topological polar surface area (TPSA) is 12.0 Å². The lowest BCUT2D eigenvalue weighted by molar-refractivity contribution is 0.613. The van der Waals surface area contributed by atoms with E-state index in [9.17, 15) is 4.39 Å². The fourth-order valence-corrected chi connectivity index (χ4v) is 2.08. The molecule has 0 heterocycles. The van der Waals surface area contributed by atoms with Crippen LogP contribution < -0.4 is 5.32 Å². The first kappa shape index (κ1) is 13.5. The minimum absolute atomic E-state index is 0.103. The standard InChI is InChI=1S/C13H9Cl3FN/c14-9-4-2-6-11(12(9)16)18-7-8-3-1-5-10(15)13(8)17/h1-6,18H,7H2.